The van der Waals surface area contributed by atoms with Crippen LogP contribution < -0.4 is 5.32 Å². The van der Waals surface area contributed by atoms with E-state index in [2.05, 4.69) is 17.1 Å². The number of rotatable bonds is 4. The van der Waals surface area contributed by atoms with Crippen LogP contribution in [0.5, 0.6) is 0 Å². The summed E-state index contributed by atoms with van der Waals surface area (Å²) < 4.78 is 11.3. The second kappa shape index (κ2) is 5.81. The monoisotopic (exact) mass is 258 g/mol. The predicted molar refractivity (Wildman–Crippen MR) is 73.8 cm³/mol. The Kier molecular flexibility index (Phi) is 4.61. The fourth-order valence-electron chi connectivity index (χ4n) is 3.33. The Labute approximate surface area is 108 Å². The maximum Gasteiger partial charge on any atom is 0.0359 e. The van der Waals surface area contributed by atoms with Gasteiger partial charge in [-0.15, -0.1) is 0 Å². The van der Waals surface area contributed by atoms with Crippen molar-refractivity contribution in [1.82, 2.24) is 10.2 Å². The van der Waals surface area contributed by atoms with E-state index >= 15 is 0 Å². The Hall–Kier alpha value is 0.0700. The summed E-state index contributed by atoms with van der Waals surface area (Å²) in [5.74, 6) is 0.826. The van der Waals surface area contributed by atoms with Gasteiger partial charge in [-0.2, -0.15) is 0 Å². The van der Waals surface area contributed by atoms with Crippen molar-refractivity contribution in [3.05, 3.63) is 0 Å². The van der Waals surface area contributed by atoms with Crippen molar-refractivity contribution >= 4 is 10.8 Å². The molecule has 17 heavy (non-hydrogen) atoms. The van der Waals surface area contributed by atoms with E-state index in [4.69, 9.17) is 0 Å². The zero-order chi connectivity index (χ0) is 12.3. The summed E-state index contributed by atoms with van der Waals surface area (Å²) in [4.78, 5) is 2.59. The van der Waals surface area contributed by atoms with Gasteiger partial charge >= 0.3 is 0 Å². The third kappa shape index (κ3) is 3.30. The van der Waals surface area contributed by atoms with Crippen LogP contribution >= 0.6 is 0 Å². The van der Waals surface area contributed by atoms with Crippen LogP contribution in [0, 0.1) is 0 Å². The largest absolute Gasteiger partial charge is 0.308 e. The molecule has 1 aliphatic carbocycles. The Morgan fingerprint density at radius 2 is 2.12 bits per heavy atom. The number of piperazine rings is 1. The molecule has 0 aromatic rings. The molecule has 1 heterocycles. The van der Waals surface area contributed by atoms with E-state index in [1.165, 1.54) is 38.6 Å². The van der Waals surface area contributed by atoms with E-state index in [9.17, 15) is 4.21 Å². The van der Waals surface area contributed by atoms with Gasteiger partial charge in [-0.05, 0) is 19.3 Å². The molecule has 1 aliphatic heterocycles. The highest BCUT2D eigenvalue weighted by Crippen LogP contribution is 2.33. The van der Waals surface area contributed by atoms with Gasteiger partial charge in [-0.1, -0.05) is 19.8 Å². The highest BCUT2D eigenvalue weighted by molar-refractivity contribution is 7.84. The third-order valence-electron chi connectivity index (χ3n) is 4.43. The first-order valence-corrected chi connectivity index (χ1v) is 8.67. The summed E-state index contributed by atoms with van der Waals surface area (Å²) in [6.45, 7) is 5.55. The molecule has 1 N–H and O–H groups in total. The second-order valence-electron chi connectivity index (χ2n) is 5.68. The Morgan fingerprint density at radius 3 is 2.71 bits per heavy atom. The molecular formula is C13H26N2OS. The van der Waals surface area contributed by atoms with Crippen LogP contribution in [0.3, 0.4) is 0 Å². The highest BCUT2D eigenvalue weighted by atomic mass is 32.2. The van der Waals surface area contributed by atoms with Crippen molar-refractivity contribution < 1.29 is 4.21 Å². The second-order valence-corrected chi connectivity index (χ2v) is 7.23. The van der Waals surface area contributed by atoms with E-state index in [1.807, 2.05) is 6.26 Å². The molecule has 0 aromatic heterocycles. The Morgan fingerprint density at radius 1 is 1.41 bits per heavy atom. The van der Waals surface area contributed by atoms with E-state index in [1.54, 1.807) is 0 Å². The number of hydrogen-bond acceptors (Lipinski definition) is 3. The van der Waals surface area contributed by atoms with Gasteiger partial charge in [-0.3, -0.25) is 9.11 Å². The third-order valence-corrected chi connectivity index (χ3v) is 5.19. The molecule has 2 rings (SSSR count). The normalized spacial score (nSPS) is 30.8. The average molecular weight is 258 g/mol. The summed E-state index contributed by atoms with van der Waals surface area (Å²) in [6.07, 6.45) is 8.41. The van der Waals surface area contributed by atoms with Crippen LogP contribution in [0.1, 0.15) is 39.0 Å². The summed E-state index contributed by atoms with van der Waals surface area (Å²) >= 11 is 0. The topological polar surface area (TPSA) is 32.3 Å². The fourth-order valence-corrected chi connectivity index (χ4v) is 3.83. The molecule has 2 fully saturated rings. The van der Waals surface area contributed by atoms with E-state index < -0.39 is 10.8 Å². The van der Waals surface area contributed by atoms with Crippen LogP contribution in [0.4, 0.5) is 0 Å². The number of hydrogen-bond donors (Lipinski definition) is 1. The maximum absolute atomic E-state index is 11.3. The van der Waals surface area contributed by atoms with Crippen LogP contribution in [0.2, 0.25) is 0 Å². The van der Waals surface area contributed by atoms with Crippen molar-refractivity contribution in [2.75, 3.05) is 31.6 Å². The molecule has 1 spiro atoms. The minimum Gasteiger partial charge on any atom is -0.308 e. The molecular weight excluding hydrogens is 232 g/mol. The summed E-state index contributed by atoms with van der Waals surface area (Å²) in [5.41, 5.74) is 0.390. The number of nitrogens with one attached hydrogen (secondary N) is 1. The lowest BCUT2D eigenvalue weighted by molar-refractivity contribution is 0.0843. The molecule has 3 nitrogen and oxygen atoms in total. The van der Waals surface area contributed by atoms with Crippen LogP contribution in [0.25, 0.3) is 0 Å². The predicted octanol–water partition coefficient (Wildman–Crippen LogP) is 1.36. The van der Waals surface area contributed by atoms with E-state index in [0.29, 0.717) is 11.6 Å². The summed E-state index contributed by atoms with van der Waals surface area (Å²) in [6, 6.07) is 0.643. The molecule has 0 amide bonds. The molecule has 2 unspecified atom stereocenters. The average Bonchev–Trinajstić information content (AvgIpc) is 2.75. The van der Waals surface area contributed by atoms with Crippen LogP contribution in [-0.4, -0.2) is 52.3 Å². The zero-order valence-electron chi connectivity index (χ0n) is 11.2. The molecule has 2 aliphatic rings. The Balaban J connectivity index is 1.95. The minimum atomic E-state index is -0.659. The molecule has 1 saturated carbocycles. The van der Waals surface area contributed by atoms with Crippen LogP contribution in [-0.2, 0) is 10.8 Å². The molecule has 0 radical (unpaired) electrons. The first-order chi connectivity index (χ1) is 8.15. The lowest BCUT2D eigenvalue weighted by Crippen LogP contribution is -2.63. The van der Waals surface area contributed by atoms with Crippen molar-refractivity contribution in [3.8, 4) is 0 Å². The summed E-state index contributed by atoms with van der Waals surface area (Å²) in [5, 5.41) is 3.80. The molecule has 2 atom stereocenters. The van der Waals surface area contributed by atoms with E-state index in [0.717, 1.165) is 18.8 Å². The quantitative estimate of drug-likeness (QED) is 0.826. The molecule has 1 saturated heterocycles. The van der Waals surface area contributed by atoms with Crippen molar-refractivity contribution in [2.45, 2.75) is 50.6 Å². The minimum absolute atomic E-state index is 0.390. The van der Waals surface area contributed by atoms with Crippen molar-refractivity contribution in [2.24, 2.45) is 0 Å². The van der Waals surface area contributed by atoms with Crippen LogP contribution in [0.15, 0.2) is 0 Å². The van der Waals surface area contributed by atoms with Gasteiger partial charge < -0.3 is 5.32 Å². The first-order valence-electron chi connectivity index (χ1n) is 6.94. The molecule has 4 heteroatoms. The van der Waals surface area contributed by atoms with Gasteiger partial charge in [0, 0.05) is 54.0 Å². The van der Waals surface area contributed by atoms with Crippen molar-refractivity contribution in [1.29, 1.82) is 0 Å². The lowest BCUT2D eigenvalue weighted by Gasteiger charge is -2.46. The Bertz CT molecular complexity index is 277. The molecule has 100 valence electrons. The lowest BCUT2D eigenvalue weighted by atomic mass is 9.92. The van der Waals surface area contributed by atoms with Gasteiger partial charge in [0.15, 0.2) is 0 Å². The van der Waals surface area contributed by atoms with Crippen molar-refractivity contribution in [3.63, 3.8) is 0 Å². The zero-order valence-corrected chi connectivity index (χ0v) is 12.0. The first kappa shape index (κ1) is 13.5. The SMILES string of the molecule is CCC1CNC2(CCCC2)CN1CCS(C)=O. The van der Waals surface area contributed by atoms with E-state index in [-0.39, 0.29) is 0 Å². The molecule has 0 aromatic carbocycles. The maximum atomic E-state index is 11.3. The van der Waals surface area contributed by atoms with Gasteiger partial charge in [0.25, 0.3) is 0 Å². The van der Waals surface area contributed by atoms with Gasteiger partial charge in [-0.25, -0.2) is 0 Å². The highest BCUT2D eigenvalue weighted by Gasteiger charge is 2.40. The smallest absolute Gasteiger partial charge is 0.0359 e. The summed E-state index contributed by atoms with van der Waals surface area (Å²) in [7, 11) is -0.659. The standard InChI is InChI=1S/C13H26N2OS/c1-3-12-10-14-13(6-4-5-7-13)11-15(12)8-9-17(2)16/h12,14H,3-11H2,1-2H3. The van der Waals surface area contributed by atoms with Gasteiger partial charge in [0.05, 0.1) is 0 Å². The fraction of sp³-hybridized carbons (Fsp3) is 1.00. The van der Waals surface area contributed by atoms with Gasteiger partial charge in [0.1, 0.15) is 0 Å². The van der Waals surface area contributed by atoms with Gasteiger partial charge in [0.2, 0.25) is 0 Å². The molecule has 0 bridgehead atoms. The number of nitrogens with zero attached hydrogens (tertiary/aromatic N) is 1.